The predicted octanol–water partition coefficient (Wildman–Crippen LogP) is 2.02. The van der Waals surface area contributed by atoms with E-state index < -0.39 is 15.9 Å². The summed E-state index contributed by atoms with van der Waals surface area (Å²) in [6.07, 6.45) is 2.46. The molecule has 1 aromatic carbocycles. The van der Waals surface area contributed by atoms with Gasteiger partial charge in [-0.1, -0.05) is 17.7 Å². The van der Waals surface area contributed by atoms with E-state index in [0.29, 0.717) is 26.3 Å². The molecule has 0 aliphatic heterocycles. The second-order valence-corrected chi connectivity index (χ2v) is 7.13. The molecule has 2 aromatic rings. The maximum Gasteiger partial charge on any atom is 0.267 e. The summed E-state index contributed by atoms with van der Waals surface area (Å²) in [4.78, 5) is 16.2. The van der Waals surface area contributed by atoms with Gasteiger partial charge in [0.15, 0.2) is 0 Å². The third kappa shape index (κ3) is 3.37. The van der Waals surface area contributed by atoms with Crippen LogP contribution >= 0.6 is 11.6 Å². The number of halogens is 1. The van der Waals surface area contributed by atoms with E-state index in [1.54, 1.807) is 18.2 Å². The van der Waals surface area contributed by atoms with Crippen LogP contribution in [0.3, 0.4) is 0 Å². The number of aromatic nitrogens is 1. The van der Waals surface area contributed by atoms with Crippen LogP contribution < -0.4 is 5.73 Å². The summed E-state index contributed by atoms with van der Waals surface area (Å²) in [5, 5.41) is 0.296. The van der Waals surface area contributed by atoms with E-state index in [1.807, 2.05) is 0 Å². The largest absolute Gasteiger partial charge is 0.397 e. The van der Waals surface area contributed by atoms with E-state index in [9.17, 15) is 13.2 Å². The number of hydrogen-bond donors (Lipinski definition) is 1. The standard InChI is InChI=1S/C14H14ClN3O3S/c1-18(22(2,20)21)14(19)9-3-5-11(12(15)7-9)13-6-4-10(16)8-17-13/h3-8H,16H2,1-2H3. The van der Waals surface area contributed by atoms with Crippen molar-refractivity contribution in [1.29, 1.82) is 0 Å². The van der Waals surface area contributed by atoms with Crippen molar-refractivity contribution in [3.63, 3.8) is 0 Å². The van der Waals surface area contributed by atoms with Gasteiger partial charge >= 0.3 is 0 Å². The summed E-state index contributed by atoms with van der Waals surface area (Å²) in [7, 11) is -2.42. The molecule has 116 valence electrons. The number of sulfonamides is 1. The van der Waals surface area contributed by atoms with Gasteiger partial charge in [-0.2, -0.15) is 0 Å². The molecular formula is C14H14ClN3O3S. The Morgan fingerprint density at radius 1 is 1.27 bits per heavy atom. The zero-order valence-corrected chi connectivity index (χ0v) is 13.5. The molecule has 0 spiro atoms. The fraction of sp³-hybridized carbons (Fsp3) is 0.143. The first kappa shape index (κ1) is 16.3. The Hall–Kier alpha value is -2.12. The van der Waals surface area contributed by atoms with Gasteiger partial charge < -0.3 is 5.73 Å². The molecule has 8 heteroatoms. The highest BCUT2D eigenvalue weighted by atomic mass is 35.5. The molecule has 1 amide bonds. The average Bonchev–Trinajstić information content (AvgIpc) is 2.46. The van der Waals surface area contributed by atoms with E-state index in [2.05, 4.69) is 4.98 Å². The Morgan fingerprint density at radius 2 is 1.95 bits per heavy atom. The average molecular weight is 340 g/mol. The Labute approximate surface area is 133 Å². The fourth-order valence-corrected chi connectivity index (χ4v) is 2.44. The monoisotopic (exact) mass is 339 g/mol. The minimum atomic E-state index is -3.62. The molecule has 0 bridgehead atoms. The maximum atomic E-state index is 12.1. The van der Waals surface area contributed by atoms with E-state index in [4.69, 9.17) is 17.3 Å². The third-order valence-electron chi connectivity index (χ3n) is 3.06. The summed E-state index contributed by atoms with van der Waals surface area (Å²) in [6.45, 7) is 0. The van der Waals surface area contributed by atoms with Crippen molar-refractivity contribution in [3.05, 3.63) is 47.1 Å². The lowest BCUT2D eigenvalue weighted by Crippen LogP contribution is -2.32. The number of carbonyl (C=O) groups excluding carboxylic acids is 1. The van der Waals surface area contributed by atoms with Crippen LogP contribution in [0.15, 0.2) is 36.5 Å². The highest BCUT2D eigenvalue weighted by Gasteiger charge is 2.20. The Kier molecular flexibility index (Phi) is 4.39. The number of benzene rings is 1. The normalized spacial score (nSPS) is 11.2. The highest BCUT2D eigenvalue weighted by molar-refractivity contribution is 7.88. The Balaban J connectivity index is 2.38. The van der Waals surface area contributed by atoms with Crippen molar-refractivity contribution in [2.45, 2.75) is 0 Å². The van der Waals surface area contributed by atoms with Crippen LogP contribution in [0.25, 0.3) is 11.3 Å². The molecule has 0 fully saturated rings. The first-order valence-electron chi connectivity index (χ1n) is 6.20. The summed E-state index contributed by atoms with van der Waals surface area (Å²) < 4.78 is 23.5. The van der Waals surface area contributed by atoms with Crippen LogP contribution in [0.5, 0.6) is 0 Å². The van der Waals surface area contributed by atoms with Crippen LogP contribution in [0, 0.1) is 0 Å². The molecule has 0 aliphatic carbocycles. The molecule has 0 radical (unpaired) electrons. The minimum absolute atomic E-state index is 0.178. The zero-order valence-electron chi connectivity index (χ0n) is 11.9. The van der Waals surface area contributed by atoms with Crippen LogP contribution in [-0.2, 0) is 10.0 Å². The smallest absolute Gasteiger partial charge is 0.267 e. The number of anilines is 1. The van der Waals surface area contributed by atoms with Gasteiger partial charge in [0.2, 0.25) is 10.0 Å². The van der Waals surface area contributed by atoms with Gasteiger partial charge in [-0.05, 0) is 24.3 Å². The molecular weight excluding hydrogens is 326 g/mol. The van der Waals surface area contributed by atoms with Crippen molar-refractivity contribution >= 4 is 33.2 Å². The zero-order chi connectivity index (χ0) is 16.5. The number of rotatable bonds is 3. The molecule has 0 saturated carbocycles. The molecule has 2 rings (SSSR count). The van der Waals surface area contributed by atoms with Gasteiger partial charge in [-0.25, -0.2) is 12.7 Å². The van der Waals surface area contributed by atoms with Gasteiger partial charge in [0.25, 0.3) is 5.91 Å². The van der Waals surface area contributed by atoms with Gasteiger partial charge in [0.1, 0.15) is 0 Å². The Bertz CT molecular complexity index is 820. The number of hydrogen-bond acceptors (Lipinski definition) is 5. The topological polar surface area (TPSA) is 93.4 Å². The molecule has 0 aliphatic rings. The van der Waals surface area contributed by atoms with Crippen LogP contribution in [0.4, 0.5) is 5.69 Å². The molecule has 0 unspecified atom stereocenters. The SMILES string of the molecule is CN(C(=O)c1ccc(-c2ccc(N)cn2)c(Cl)c1)S(C)(=O)=O. The lowest BCUT2D eigenvalue weighted by Gasteiger charge is -2.15. The second-order valence-electron chi connectivity index (χ2n) is 4.71. The van der Waals surface area contributed by atoms with E-state index >= 15 is 0 Å². The molecule has 0 saturated heterocycles. The van der Waals surface area contributed by atoms with E-state index in [0.717, 1.165) is 6.26 Å². The lowest BCUT2D eigenvalue weighted by molar-refractivity contribution is 0.0884. The van der Waals surface area contributed by atoms with E-state index in [-0.39, 0.29) is 5.56 Å². The summed E-state index contributed by atoms with van der Waals surface area (Å²) in [5.41, 5.74) is 7.52. The summed E-state index contributed by atoms with van der Waals surface area (Å²) >= 11 is 6.18. The number of nitrogen functional groups attached to an aromatic ring is 1. The summed E-state index contributed by atoms with van der Waals surface area (Å²) in [5.74, 6) is -0.652. The first-order chi connectivity index (χ1) is 10.2. The summed E-state index contributed by atoms with van der Waals surface area (Å²) in [6, 6.07) is 7.93. The number of carbonyl (C=O) groups is 1. The fourth-order valence-electron chi connectivity index (χ4n) is 1.75. The van der Waals surface area contributed by atoms with Crippen molar-refractivity contribution < 1.29 is 13.2 Å². The van der Waals surface area contributed by atoms with Crippen LogP contribution in [-0.4, -0.2) is 36.9 Å². The van der Waals surface area contributed by atoms with E-state index in [1.165, 1.54) is 25.4 Å². The first-order valence-corrected chi connectivity index (χ1v) is 8.42. The van der Waals surface area contributed by atoms with Crippen LogP contribution in [0.1, 0.15) is 10.4 Å². The van der Waals surface area contributed by atoms with Crippen LogP contribution in [0.2, 0.25) is 5.02 Å². The van der Waals surface area contributed by atoms with Crippen molar-refractivity contribution in [3.8, 4) is 11.3 Å². The molecule has 0 atom stereocenters. The van der Waals surface area contributed by atoms with Gasteiger partial charge in [0.05, 0.1) is 28.9 Å². The Morgan fingerprint density at radius 3 is 2.45 bits per heavy atom. The molecule has 1 heterocycles. The minimum Gasteiger partial charge on any atom is -0.397 e. The predicted molar refractivity (Wildman–Crippen MR) is 86.0 cm³/mol. The third-order valence-corrected chi connectivity index (χ3v) is 4.54. The lowest BCUT2D eigenvalue weighted by atomic mass is 10.1. The number of nitrogens with two attached hydrogens (primary N) is 1. The highest BCUT2D eigenvalue weighted by Crippen LogP contribution is 2.28. The molecule has 22 heavy (non-hydrogen) atoms. The molecule has 1 aromatic heterocycles. The number of nitrogens with zero attached hydrogens (tertiary/aromatic N) is 2. The van der Waals surface area contributed by atoms with Crippen molar-refractivity contribution in [1.82, 2.24) is 9.29 Å². The number of pyridine rings is 1. The molecule has 2 N–H and O–H groups in total. The van der Waals surface area contributed by atoms with Gasteiger partial charge in [-0.3, -0.25) is 9.78 Å². The van der Waals surface area contributed by atoms with Crippen molar-refractivity contribution in [2.24, 2.45) is 0 Å². The molecule has 6 nitrogen and oxygen atoms in total. The second kappa shape index (κ2) is 5.94. The van der Waals surface area contributed by atoms with Crippen molar-refractivity contribution in [2.75, 3.05) is 19.0 Å². The number of amides is 1. The van der Waals surface area contributed by atoms with Gasteiger partial charge in [0, 0.05) is 18.2 Å². The maximum absolute atomic E-state index is 12.1. The van der Waals surface area contributed by atoms with Gasteiger partial charge in [-0.15, -0.1) is 0 Å². The quantitative estimate of drug-likeness (QED) is 0.923.